The Labute approximate surface area is 251 Å². The standard InChI is InChI=1S/C16H24N2O4.C11H21N.C4H8O.C2H6/c1-17-16(19)13-10-14(20-2)12-15(11-13)22-7-3-4-18-5-8-21-9-6-18;1-10(2)11(3)6-9-12-7-4-5-8-12;1-3-4-5-2;1-2/h10-12H,3-9H2,1-2H3,(H,17,19);4-9H2,1-3H3;3-4H,1-2H3;1-2H3/b;;4-3+;. The molecule has 2 heterocycles. The summed E-state index contributed by atoms with van der Waals surface area (Å²) in [5.74, 6) is 1.11. The smallest absolute Gasteiger partial charge is 0.251 e. The van der Waals surface area contributed by atoms with Gasteiger partial charge in [0.25, 0.3) is 5.91 Å². The van der Waals surface area contributed by atoms with Gasteiger partial charge < -0.3 is 29.2 Å². The molecule has 3 rings (SSSR count). The van der Waals surface area contributed by atoms with Gasteiger partial charge in [0, 0.05) is 44.9 Å². The Balaban J connectivity index is 0.000000704. The predicted molar refractivity (Wildman–Crippen MR) is 171 cm³/mol. The van der Waals surface area contributed by atoms with Gasteiger partial charge in [0.05, 0.1) is 40.3 Å². The van der Waals surface area contributed by atoms with Crippen molar-refractivity contribution < 1.29 is 23.7 Å². The van der Waals surface area contributed by atoms with Crippen LogP contribution in [-0.2, 0) is 9.47 Å². The maximum atomic E-state index is 11.7. The number of ether oxygens (including phenoxy) is 4. The van der Waals surface area contributed by atoms with E-state index in [-0.39, 0.29) is 5.91 Å². The van der Waals surface area contributed by atoms with Gasteiger partial charge in [-0.3, -0.25) is 9.69 Å². The lowest BCUT2D eigenvalue weighted by Crippen LogP contribution is -2.37. The molecule has 0 bridgehead atoms. The molecule has 41 heavy (non-hydrogen) atoms. The second kappa shape index (κ2) is 25.2. The van der Waals surface area contributed by atoms with Crippen molar-refractivity contribution in [3.8, 4) is 11.5 Å². The summed E-state index contributed by atoms with van der Waals surface area (Å²) in [6.45, 7) is 21.7. The van der Waals surface area contributed by atoms with E-state index in [0.29, 0.717) is 23.7 Å². The van der Waals surface area contributed by atoms with Crippen LogP contribution in [0, 0.1) is 0 Å². The van der Waals surface area contributed by atoms with Crippen LogP contribution in [0.1, 0.15) is 77.6 Å². The highest BCUT2D eigenvalue weighted by molar-refractivity contribution is 5.94. The molecule has 0 saturated carbocycles. The van der Waals surface area contributed by atoms with Crippen molar-refractivity contribution in [2.75, 3.05) is 80.4 Å². The van der Waals surface area contributed by atoms with Crippen molar-refractivity contribution in [1.82, 2.24) is 15.1 Å². The lowest BCUT2D eigenvalue weighted by Gasteiger charge is -2.26. The number of nitrogens with one attached hydrogen (secondary N) is 1. The number of carbonyl (C=O) groups excluding carboxylic acids is 1. The topological polar surface area (TPSA) is 72.5 Å². The highest BCUT2D eigenvalue weighted by Gasteiger charge is 2.12. The Kier molecular flexibility index (Phi) is 23.6. The molecule has 0 radical (unpaired) electrons. The first-order valence-electron chi connectivity index (χ1n) is 15.2. The second-order valence-electron chi connectivity index (χ2n) is 9.92. The lowest BCUT2D eigenvalue weighted by molar-refractivity contribution is 0.0358. The third-order valence-electron chi connectivity index (χ3n) is 6.72. The molecule has 0 unspecified atom stereocenters. The largest absolute Gasteiger partial charge is 0.505 e. The van der Waals surface area contributed by atoms with Crippen molar-refractivity contribution >= 4 is 5.91 Å². The summed E-state index contributed by atoms with van der Waals surface area (Å²) in [6, 6.07) is 5.22. The number of allylic oxidation sites excluding steroid dienone is 2. The fourth-order valence-electron chi connectivity index (χ4n) is 4.07. The van der Waals surface area contributed by atoms with Crippen molar-refractivity contribution in [3.05, 3.63) is 47.2 Å². The average Bonchev–Trinajstić information content (AvgIpc) is 3.54. The molecule has 8 nitrogen and oxygen atoms in total. The average molecular weight is 578 g/mol. The molecule has 0 aliphatic carbocycles. The van der Waals surface area contributed by atoms with Gasteiger partial charge in [0.2, 0.25) is 0 Å². The number of carbonyl (C=O) groups is 1. The van der Waals surface area contributed by atoms with Gasteiger partial charge >= 0.3 is 0 Å². The van der Waals surface area contributed by atoms with Crippen LogP contribution in [0.5, 0.6) is 11.5 Å². The number of likely N-dealkylation sites (tertiary alicyclic amines) is 1. The Morgan fingerprint density at radius 3 is 2.07 bits per heavy atom. The zero-order valence-electron chi connectivity index (χ0n) is 27.5. The van der Waals surface area contributed by atoms with Crippen LogP contribution in [0.4, 0.5) is 0 Å². The van der Waals surface area contributed by atoms with Gasteiger partial charge in [-0.15, -0.1) is 0 Å². The number of methoxy groups -OCH3 is 2. The van der Waals surface area contributed by atoms with Crippen LogP contribution in [0.25, 0.3) is 0 Å². The Morgan fingerprint density at radius 1 is 0.951 bits per heavy atom. The number of hydrogen-bond acceptors (Lipinski definition) is 7. The molecule has 0 spiro atoms. The van der Waals surface area contributed by atoms with Gasteiger partial charge in [-0.1, -0.05) is 31.1 Å². The number of rotatable bonds is 11. The van der Waals surface area contributed by atoms with Gasteiger partial charge in [-0.25, -0.2) is 0 Å². The number of amides is 1. The Bertz CT molecular complexity index is 856. The fourth-order valence-corrected chi connectivity index (χ4v) is 4.07. The molecule has 2 aliphatic rings. The molecule has 1 aromatic carbocycles. The quantitative estimate of drug-likeness (QED) is 0.191. The van der Waals surface area contributed by atoms with Gasteiger partial charge in [-0.05, 0) is 78.6 Å². The first kappa shape index (κ1) is 38.5. The summed E-state index contributed by atoms with van der Waals surface area (Å²) in [5, 5.41) is 2.60. The van der Waals surface area contributed by atoms with Gasteiger partial charge in [0.1, 0.15) is 11.5 Å². The summed E-state index contributed by atoms with van der Waals surface area (Å²) >= 11 is 0. The molecule has 1 N–H and O–H groups in total. The summed E-state index contributed by atoms with van der Waals surface area (Å²) in [6.07, 6.45) is 8.48. The third kappa shape index (κ3) is 18.5. The zero-order chi connectivity index (χ0) is 30.9. The second-order valence-corrected chi connectivity index (χ2v) is 9.92. The maximum absolute atomic E-state index is 11.7. The summed E-state index contributed by atoms with van der Waals surface area (Å²) in [5.41, 5.74) is 3.60. The molecular weight excluding hydrogens is 518 g/mol. The molecule has 2 aliphatic heterocycles. The zero-order valence-corrected chi connectivity index (χ0v) is 27.5. The monoisotopic (exact) mass is 577 g/mol. The van der Waals surface area contributed by atoms with Crippen LogP contribution in [-0.4, -0.2) is 96.1 Å². The van der Waals surface area contributed by atoms with Crippen LogP contribution >= 0.6 is 0 Å². The molecule has 236 valence electrons. The van der Waals surface area contributed by atoms with Crippen molar-refractivity contribution in [2.45, 2.75) is 67.2 Å². The maximum Gasteiger partial charge on any atom is 0.251 e. The van der Waals surface area contributed by atoms with Crippen LogP contribution in [0.3, 0.4) is 0 Å². The van der Waals surface area contributed by atoms with Crippen LogP contribution in [0.2, 0.25) is 0 Å². The fraction of sp³-hybridized carbons (Fsp3) is 0.667. The van der Waals surface area contributed by atoms with Crippen LogP contribution in [0.15, 0.2) is 41.7 Å². The normalized spacial score (nSPS) is 14.9. The number of hydrogen-bond donors (Lipinski definition) is 1. The van der Waals surface area contributed by atoms with Crippen molar-refractivity contribution in [2.24, 2.45) is 0 Å². The lowest BCUT2D eigenvalue weighted by atomic mass is 10.1. The number of nitrogens with zero attached hydrogens (tertiary/aromatic N) is 2. The SMILES string of the molecule is C/C=C/OC.CC.CC(C)=C(C)CCN1CCCC1.CNC(=O)c1cc(OC)cc(OCCCN2CCOCC2)c1. The highest BCUT2D eigenvalue weighted by atomic mass is 16.5. The van der Waals surface area contributed by atoms with E-state index >= 15 is 0 Å². The van der Waals surface area contributed by atoms with Gasteiger partial charge in [0.15, 0.2) is 0 Å². The predicted octanol–water partition coefficient (Wildman–Crippen LogP) is 6.18. The molecular formula is C33H59N3O5. The molecule has 0 aromatic heterocycles. The third-order valence-corrected chi connectivity index (χ3v) is 6.72. The summed E-state index contributed by atoms with van der Waals surface area (Å²) in [4.78, 5) is 16.7. The molecule has 8 heteroatoms. The van der Waals surface area contributed by atoms with E-state index in [9.17, 15) is 4.79 Å². The van der Waals surface area contributed by atoms with E-state index in [2.05, 4.69) is 40.6 Å². The first-order chi connectivity index (χ1) is 19.8. The molecule has 1 aromatic rings. The van der Waals surface area contributed by atoms with Gasteiger partial charge in [-0.2, -0.15) is 0 Å². The molecule has 1 amide bonds. The Morgan fingerprint density at radius 2 is 1.56 bits per heavy atom. The van der Waals surface area contributed by atoms with E-state index in [1.807, 2.05) is 26.8 Å². The summed E-state index contributed by atoms with van der Waals surface area (Å²) in [7, 11) is 4.80. The highest BCUT2D eigenvalue weighted by Crippen LogP contribution is 2.23. The van der Waals surface area contributed by atoms with E-state index in [1.54, 1.807) is 51.3 Å². The number of benzene rings is 1. The van der Waals surface area contributed by atoms with Crippen LogP contribution < -0.4 is 14.8 Å². The minimum atomic E-state index is -0.155. The number of morpholine rings is 1. The van der Waals surface area contributed by atoms with E-state index in [1.165, 1.54) is 44.5 Å². The van der Waals surface area contributed by atoms with Crippen molar-refractivity contribution in [1.29, 1.82) is 0 Å². The van der Waals surface area contributed by atoms with E-state index in [0.717, 1.165) is 39.3 Å². The summed E-state index contributed by atoms with van der Waals surface area (Å²) < 4.78 is 20.8. The minimum absolute atomic E-state index is 0.155. The van der Waals surface area contributed by atoms with E-state index < -0.39 is 0 Å². The Hall–Kier alpha value is -2.55. The molecule has 2 fully saturated rings. The molecule has 2 saturated heterocycles. The molecule has 0 atom stereocenters. The first-order valence-corrected chi connectivity index (χ1v) is 15.2. The van der Waals surface area contributed by atoms with Crippen molar-refractivity contribution in [3.63, 3.8) is 0 Å². The minimum Gasteiger partial charge on any atom is -0.505 e. The van der Waals surface area contributed by atoms with E-state index in [4.69, 9.17) is 14.2 Å².